The van der Waals surface area contributed by atoms with E-state index in [1.54, 1.807) is 4.68 Å². The highest BCUT2D eigenvalue weighted by Crippen LogP contribution is 2.21. The summed E-state index contributed by atoms with van der Waals surface area (Å²) >= 11 is 0. The Morgan fingerprint density at radius 2 is 1.93 bits per heavy atom. The van der Waals surface area contributed by atoms with E-state index in [1.807, 2.05) is 31.2 Å². The highest BCUT2D eigenvalue weighted by molar-refractivity contribution is 5.74. The average Bonchev–Trinajstić information content (AvgIpc) is 2.94. The molecule has 0 atom stereocenters. The van der Waals surface area contributed by atoms with E-state index < -0.39 is 12.0 Å². The Labute approximate surface area is 156 Å². The Hall–Kier alpha value is -3.54. The number of nitrogens with two attached hydrogens (primary N) is 1. The molecule has 0 aliphatic carbocycles. The van der Waals surface area contributed by atoms with Crippen LogP contribution in [0.25, 0.3) is 5.69 Å². The summed E-state index contributed by atoms with van der Waals surface area (Å²) in [6.45, 7) is 2.41. The van der Waals surface area contributed by atoms with E-state index >= 15 is 0 Å². The van der Waals surface area contributed by atoms with Gasteiger partial charge in [-0.3, -0.25) is 4.79 Å². The molecule has 0 spiro atoms. The van der Waals surface area contributed by atoms with Crippen molar-refractivity contribution in [1.29, 1.82) is 5.26 Å². The molecule has 9 nitrogen and oxygen atoms in total. The molecule has 0 aliphatic heterocycles. The second-order valence-corrected chi connectivity index (χ2v) is 6.00. The summed E-state index contributed by atoms with van der Waals surface area (Å²) in [4.78, 5) is 21.9. The number of anilines is 1. The lowest BCUT2D eigenvalue weighted by Crippen LogP contribution is -2.37. The molecule has 0 unspecified atom stereocenters. The van der Waals surface area contributed by atoms with Crippen LogP contribution in [0.4, 0.5) is 10.6 Å². The summed E-state index contributed by atoms with van der Waals surface area (Å²) in [5.74, 6) is -0.684. The number of nitrogens with zero attached hydrogens (tertiary/aromatic N) is 3. The zero-order chi connectivity index (χ0) is 19.8. The van der Waals surface area contributed by atoms with Gasteiger partial charge in [0.15, 0.2) is 0 Å². The maximum atomic E-state index is 11.5. The molecule has 2 rings (SSSR count). The normalized spacial score (nSPS) is 10.2. The highest BCUT2D eigenvalue weighted by Gasteiger charge is 2.16. The first-order chi connectivity index (χ1) is 12.9. The van der Waals surface area contributed by atoms with Crippen molar-refractivity contribution in [2.24, 2.45) is 0 Å². The first-order valence-electron chi connectivity index (χ1n) is 8.50. The van der Waals surface area contributed by atoms with E-state index in [9.17, 15) is 14.9 Å². The minimum absolute atomic E-state index is 0.0667. The number of aliphatic carboxylic acids is 1. The number of carbonyl (C=O) groups excluding carboxylic acids is 1. The number of nitrogen functional groups attached to an aromatic ring is 1. The number of nitriles is 1. The van der Waals surface area contributed by atoms with E-state index in [4.69, 9.17) is 10.8 Å². The molecule has 0 saturated heterocycles. The van der Waals surface area contributed by atoms with Crippen LogP contribution >= 0.6 is 0 Å². The zero-order valence-electron chi connectivity index (χ0n) is 15.0. The molecule has 0 radical (unpaired) electrons. The van der Waals surface area contributed by atoms with Crippen molar-refractivity contribution >= 4 is 17.8 Å². The van der Waals surface area contributed by atoms with Gasteiger partial charge >= 0.3 is 12.0 Å². The molecular weight excluding hydrogens is 348 g/mol. The van der Waals surface area contributed by atoms with Crippen LogP contribution in [0.1, 0.15) is 29.7 Å². The lowest BCUT2D eigenvalue weighted by Gasteiger charge is -2.06. The van der Waals surface area contributed by atoms with Gasteiger partial charge in [-0.1, -0.05) is 17.7 Å². The average molecular weight is 370 g/mol. The number of hydrogen-bond acceptors (Lipinski definition) is 5. The predicted molar refractivity (Wildman–Crippen MR) is 99.4 cm³/mol. The molecule has 9 heteroatoms. The summed E-state index contributed by atoms with van der Waals surface area (Å²) in [6.07, 6.45) is 0.904. The first kappa shape index (κ1) is 19.8. The standard InChI is InChI=1S/C18H22N6O3/c1-12-4-6-13(7-5-12)24-17(20)14(11-19)15(23-24)3-2-9-21-18(27)22-10-8-16(25)26/h4-7H,2-3,8-10,20H2,1H3,(H,25,26)(H2,21,22,27). The number of urea groups is 1. The third-order valence-corrected chi connectivity index (χ3v) is 3.88. The number of benzene rings is 1. The molecule has 27 heavy (non-hydrogen) atoms. The Morgan fingerprint density at radius 1 is 1.26 bits per heavy atom. The van der Waals surface area contributed by atoms with E-state index in [-0.39, 0.29) is 18.8 Å². The topological polar surface area (TPSA) is 146 Å². The van der Waals surface area contributed by atoms with Gasteiger partial charge in [-0.05, 0) is 31.9 Å². The molecule has 5 N–H and O–H groups in total. The smallest absolute Gasteiger partial charge is 0.314 e. The molecule has 1 aromatic carbocycles. The van der Waals surface area contributed by atoms with Crippen molar-refractivity contribution in [1.82, 2.24) is 20.4 Å². The van der Waals surface area contributed by atoms with Crippen molar-refractivity contribution in [3.8, 4) is 11.8 Å². The van der Waals surface area contributed by atoms with Crippen LogP contribution in [0, 0.1) is 18.3 Å². The second kappa shape index (κ2) is 9.24. The molecule has 1 heterocycles. The minimum atomic E-state index is -0.971. The van der Waals surface area contributed by atoms with Crippen molar-refractivity contribution < 1.29 is 14.7 Å². The summed E-state index contributed by atoms with van der Waals surface area (Å²) in [7, 11) is 0. The fourth-order valence-corrected chi connectivity index (χ4v) is 2.46. The van der Waals surface area contributed by atoms with E-state index in [0.717, 1.165) is 11.3 Å². The number of carboxylic acids is 1. The van der Waals surface area contributed by atoms with Crippen molar-refractivity contribution in [3.05, 3.63) is 41.1 Å². The summed E-state index contributed by atoms with van der Waals surface area (Å²) in [5.41, 5.74) is 8.86. The van der Waals surface area contributed by atoms with Gasteiger partial charge in [0, 0.05) is 13.1 Å². The van der Waals surface area contributed by atoms with Crippen LogP contribution in [-0.4, -0.2) is 40.0 Å². The van der Waals surface area contributed by atoms with Gasteiger partial charge in [0.05, 0.1) is 17.8 Å². The monoisotopic (exact) mass is 370 g/mol. The molecule has 2 amide bonds. The summed E-state index contributed by atoms with van der Waals surface area (Å²) < 4.78 is 1.54. The van der Waals surface area contributed by atoms with Crippen molar-refractivity contribution in [2.75, 3.05) is 18.8 Å². The number of carbonyl (C=O) groups is 2. The third-order valence-electron chi connectivity index (χ3n) is 3.88. The van der Waals surface area contributed by atoms with Gasteiger partial charge < -0.3 is 21.5 Å². The SMILES string of the molecule is Cc1ccc(-n2nc(CCCNC(=O)NCCC(=O)O)c(C#N)c2N)cc1. The largest absolute Gasteiger partial charge is 0.481 e. The molecule has 0 aliphatic rings. The zero-order valence-corrected chi connectivity index (χ0v) is 15.0. The molecule has 0 fully saturated rings. The molecule has 1 aromatic heterocycles. The number of amides is 2. The van der Waals surface area contributed by atoms with Crippen LogP contribution in [-0.2, 0) is 11.2 Å². The number of rotatable bonds is 8. The van der Waals surface area contributed by atoms with Crippen LogP contribution in [0.15, 0.2) is 24.3 Å². The van der Waals surface area contributed by atoms with Gasteiger partial charge in [0.1, 0.15) is 17.5 Å². The molecule has 0 bridgehead atoms. The number of nitrogens with one attached hydrogen (secondary N) is 2. The number of aromatic nitrogens is 2. The van der Waals surface area contributed by atoms with Crippen LogP contribution in [0.2, 0.25) is 0 Å². The van der Waals surface area contributed by atoms with E-state index in [0.29, 0.717) is 30.6 Å². The lowest BCUT2D eigenvalue weighted by atomic mass is 10.1. The van der Waals surface area contributed by atoms with Gasteiger partial charge in [-0.25, -0.2) is 9.48 Å². The summed E-state index contributed by atoms with van der Waals surface area (Å²) in [5, 5.41) is 27.4. The van der Waals surface area contributed by atoms with Crippen LogP contribution in [0.3, 0.4) is 0 Å². The molecule has 142 valence electrons. The van der Waals surface area contributed by atoms with Gasteiger partial charge in [-0.15, -0.1) is 0 Å². The fraction of sp³-hybridized carbons (Fsp3) is 0.333. The first-order valence-corrected chi connectivity index (χ1v) is 8.50. The Balaban J connectivity index is 1.92. The molecule has 0 saturated carbocycles. The van der Waals surface area contributed by atoms with E-state index in [2.05, 4.69) is 21.8 Å². The number of carboxylic acid groups (broad SMARTS) is 1. The minimum Gasteiger partial charge on any atom is -0.481 e. The third kappa shape index (κ3) is 5.47. The number of aryl methyl sites for hydroxylation is 2. The van der Waals surface area contributed by atoms with E-state index in [1.165, 1.54) is 0 Å². The predicted octanol–water partition coefficient (Wildman–Crippen LogP) is 1.34. The van der Waals surface area contributed by atoms with Gasteiger partial charge in [-0.2, -0.15) is 10.4 Å². The number of hydrogen-bond donors (Lipinski definition) is 4. The maximum Gasteiger partial charge on any atom is 0.314 e. The second-order valence-electron chi connectivity index (χ2n) is 6.00. The summed E-state index contributed by atoms with van der Waals surface area (Å²) in [6, 6.07) is 9.30. The molecular formula is C18H22N6O3. The van der Waals surface area contributed by atoms with Crippen molar-refractivity contribution in [2.45, 2.75) is 26.2 Å². The van der Waals surface area contributed by atoms with Crippen LogP contribution in [0.5, 0.6) is 0 Å². The van der Waals surface area contributed by atoms with Gasteiger partial charge in [0.2, 0.25) is 0 Å². The quantitative estimate of drug-likeness (QED) is 0.516. The Kier molecular flexibility index (Phi) is 6.77. The Morgan fingerprint density at radius 3 is 2.56 bits per heavy atom. The van der Waals surface area contributed by atoms with Crippen LogP contribution < -0.4 is 16.4 Å². The molecule has 2 aromatic rings. The fourth-order valence-electron chi connectivity index (χ4n) is 2.46. The van der Waals surface area contributed by atoms with Gasteiger partial charge in [0.25, 0.3) is 0 Å². The van der Waals surface area contributed by atoms with Crippen molar-refractivity contribution in [3.63, 3.8) is 0 Å². The Bertz CT molecular complexity index is 851. The lowest BCUT2D eigenvalue weighted by molar-refractivity contribution is -0.136. The highest BCUT2D eigenvalue weighted by atomic mass is 16.4. The maximum absolute atomic E-state index is 11.5.